The number of benzene rings is 2. The summed E-state index contributed by atoms with van der Waals surface area (Å²) >= 11 is 0. The van der Waals surface area contributed by atoms with Crippen molar-refractivity contribution < 1.29 is 14.3 Å². The smallest absolute Gasteiger partial charge is 0.411 e. The Morgan fingerprint density at radius 3 is 2.33 bits per heavy atom. The summed E-state index contributed by atoms with van der Waals surface area (Å²) in [5.41, 5.74) is 2.21. The van der Waals surface area contributed by atoms with Crippen molar-refractivity contribution in [2.24, 2.45) is 0 Å². The second kappa shape index (κ2) is 8.55. The molecule has 2 aromatic carbocycles. The molecule has 2 aromatic rings. The maximum absolute atomic E-state index is 12.7. The number of morpholine rings is 1. The van der Waals surface area contributed by atoms with E-state index in [2.05, 4.69) is 17.0 Å². The van der Waals surface area contributed by atoms with Gasteiger partial charge >= 0.3 is 6.09 Å². The largest absolute Gasteiger partial charge is 0.439 e. The molecular formula is C22H26N2O3. The second-order valence-corrected chi connectivity index (χ2v) is 7.10. The summed E-state index contributed by atoms with van der Waals surface area (Å²) in [7, 11) is 0. The summed E-state index contributed by atoms with van der Waals surface area (Å²) < 4.78 is 11.2. The molecule has 5 heteroatoms. The molecular weight excluding hydrogens is 340 g/mol. The van der Waals surface area contributed by atoms with Gasteiger partial charge in [-0.2, -0.15) is 0 Å². The minimum atomic E-state index is -0.223. The molecule has 2 unspecified atom stereocenters. The molecule has 2 atom stereocenters. The molecule has 5 nitrogen and oxygen atoms in total. The van der Waals surface area contributed by atoms with Gasteiger partial charge in [-0.05, 0) is 17.5 Å². The first-order valence-corrected chi connectivity index (χ1v) is 9.68. The third kappa shape index (κ3) is 4.31. The first kappa shape index (κ1) is 18.0. The average Bonchev–Trinajstić information content (AvgIpc) is 3.12. The number of cyclic esters (lactones) is 1. The SMILES string of the molecule is O=C1OC(c2ccccc2)CN1C(CCN1CCOCC1)c1ccccc1. The van der Waals surface area contributed by atoms with Crippen LogP contribution in [0.25, 0.3) is 0 Å². The zero-order valence-corrected chi connectivity index (χ0v) is 15.5. The number of amides is 1. The molecule has 1 amide bonds. The Hall–Kier alpha value is -2.37. The summed E-state index contributed by atoms with van der Waals surface area (Å²) in [6, 6.07) is 20.3. The van der Waals surface area contributed by atoms with Crippen LogP contribution in [0.4, 0.5) is 4.79 Å². The second-order valence-electron chi connectivity index (χ2n) is 7.10. The fraction of sp³-hybridized carbons (Fsp3) is 0.409. The van der Waals surface area contributed by atoms with Crippen molar-refractivity contribution in [3.8, 4) is 0 Å². The fourth-order valence-corrected chi connectivity index (χ4v) is 3.88. The highest BCUT2D eigenvalue weighted by molar-refractivity contribution is 5.71. The van der Waals surface area contributed by atoms with E-state index in [9.17, 15) is 4.79 Å². The molecule has 0 aromatic heterocycles. The van der Waals surface area contributed by atoms with Crippen LogP contribution in [0, 0.1) is 0 Å². The van der Waals surface area contributed by atoms with E-state index in [0.29, 0.717) is 6.54 Å². The van der Waals surface area contributed by atoms with Crippen molar-refractivity contribution in [1.82, 2.24) is 9.80 Å². The van der Waals surface area contributed by atoms with Gasteiger partial charge in [0.05, 0.1) is 25.8 Å². The standard InChI is InChI=1S/C22H26N2O3/c25-22-24(17-21(27-22)19-9-5-2-6-10-19)20(18-7-3-1-4-8-18)11-12-23-13-15-26-16-14-23/h1-10,20-21H,11-17H2. The minimum absolute atomic E-state index is 0.0234. The maximum atomic E-state index is 12.7. The number of hydrogen-bond donors (Lipinski definition) is 0. The third-order valence-electron chi connectivity index (χ3n) is 5.39. The van der Waals surface area contributed by atoms with Gasteiger partial charge in [0, 0.05) is 19.6 Å². The van der Waals surface area contributed by atoms with Gasteiger partial charge < -0.3 is 9.47 Å². The van der Waals surface area contributed by atoms with Crippen LogP contribution in [0.1, 0.15) is 29.7 Å². The highest BCUT2D eigenvalue weighted by atomic mass is 16.6. The molecule has 2 aliphatic heterocycles. The zero-order valence-electron chi connectivity index (χ0n) is 15.5. The van der Waals surface area contributed by atoms with Gasteiger partial charge in [-0.3, -0.25) is 9.80 Å². The van der Waals surface area contributed by atoms with Gasteiger partial charge in [0.2, 0.25) is 0 Å². The summed E-state index contributed by atoms with van der Waals surface area (Å²) in [5.74, 6) is 0. The Kier molecular flexibility index (Phi) is 5.70. The lowest BCUT2D eigenvalue weighted by Gasteiger charge is -2.31. The molecule has 0 N–H and O–H groups in total. The highest BCUT2D eigenvalue weighted by Gasteiger charge is 2.37. The average molecular weight is 366 g/mol. The normalized spacial score (nSPS) is 21.9. The van der Waals surface area contributed by atoms with Crippen LogP contribution in [0.5, 0.6) is 0 Å². The van der Waals surface area contributed by atoms with Gasteiger partial charge in [0.25, 0.3) is 0 Å². The van der Waals surface area contributed by atoms with Crippen LogP contribution in [-0.4, -0.2) is 55.3 Å². The molecule has 4 rings (SSSR count). The van der Waals surface area contributed by atoms with Crippen LogP contribution < -0.4 is 0 Å². The predicted octanol–water partition coefficient (Wildman–Crippen LogP) is 3.64. The molecule has 2 fully saturated rings. The van der Waals surface area contributed by atoms with Crippen molar-refractivity contribution in [3.63, 3.8) is 0 Å². The van der Waals surface area contributed by atoms with Crippen molar-refractivity contribution in [2.75, 3.05) is 39.4 Å². The van der Waals surface area contributed by atoms with Crippen molar-refractivity contribution in [3.05, 3.63) is 71.8 Å². The summed E-state index contributed by atoms with van der Waals surface area (Å²) in [5, 5.41) is 0. The van der Waals surface area contributed by atoms with Gasteiger partial charge in [0.1, 0.15) is 6.10 Å². The van der Waals surface area contributed by atoms with E-state index in [-0.39, 0.29) is 18.2 Å². The Bertz CT molecular complexity index is 732. The number of hydrogen-bond acceptors (Lipinski definition) is 4. The Morgan fingerprint density at radius 2 is 1.63 bits per heavy atom. The topological polar surface area (TPSA) is 42.0 Å². The molecule has 2 saturated heterocycles. The molecule has 0 saturated carbocycles. The number of ether oxygens (including phenoxy) is 2. The Labute approximate surface area is 160 Å². The number of nitrogens with zero attached hydrogens (tertiary/aromatic N) is 2. The van der Waals surface area contributed by atoms with Gasteiger partial charge in [-0.1, -0.05) is 60.7 Å². The molecule has 2 aliphatic rings. The van der Waals surface area contributed by atoms with E-state index in [1.54, 1.807) is 0 Å². The van der Waals surface area contributed by atoms with Crippen LogP contribution in [0.2, 0.25) is 0 Å². The quantitative estimate of drug-likeness (QED) is 0.783. The Balaban J connectivity index is 1.50. The van der Waals surface area contributed by atoms with Crippen molar-refractivity contribution >= 4 is 6.09 Å². The molecule has 0 radical (unpaired) electrons. The highest BCUT2D eigenvalue weighted by Crippen LogP contribution is 2.34. The van der Waals surface area contributed by atoms with E-state index in [4.69, 9.17) is 9.47 Å². The van der Waals surface area contributed by atoms with Gasteiger partial charge in [-0.15, -0.1) is 0 Å². The van der Waals surface area contributed by atoms with E-state index in [1.165, 1.54) is 0 Å². The first-order chi connectivity index (χ1) is 13.3. The van der Waals surface area contributed by atoms with Gasteiger partial charge in [0.15, 0.2) is 0 Å². The lowest BCUT2D eigenvalue weighted by molar-refractivity contribution is 0.0341. The molecule has 142 valence electrons. The van der Waals surface area contributed by atoms with Crippen LogP contribution in [-0.2, 0) is 9.47 Å². The molecule has 0 aliphatic carbocycles. The summed E-state index contributed by atoms with van der Waals surface area (Å²) in [6.45, 7) is 5.03. The van der Waals surface area contributed by atoms with E-state index < -0.39 is 0 Å². The monoisotopic (exact) mass is 366 g/mol. The summed E-state index contributed by atoms with van der Waals surface area (Å²) in [4.78, 5) is 17.0. The molecule has 27 heavy (non-hydrogen) atoms. The van der Waals surface area contributed by atoms with Gasteiger partial charge in [-0.25, -0.2) is 4.79 Å². The number of rotatable bonds is 6. The third-order valence-corrected chi connectivity index (χ3v) is 5.39. The predicted molar refractivity (Wildman–Crippen MR) is 103 cm³/mol. The number of carbonyl (C=O) groups is 1. The zero-order chi connectivity index (χ0) is 18.5. The molecule has 0 bridgehead atoms. The van der Waals surface area contributed by atoms with Crippen LogP contribution in [0.3, 0.4) is 0 Å². The number of carbonyl (C=O) groups excluding carboxylic acids is 1. The fourth-order valence-electron chi connectivity index (χ4n) is 3.88. The lowest BCUT2D eigenvalue weighted by atomic mass is 10.0. The molecule has 0 spiro atoms. The van der Waals surface area contributed by atoms with Crippen molar-refractivity contribution in [2.45, 2.75) is 18.6 Å². The Morgan fingerprint density at radius 1 is 0.963 bits per heavy atom. The first-order valence-electron chi connectivity index (χ1n) is 9.68. The van der Waals surface area contributed by atoms with Crippen LogP contribution >= 0.6 is 0 Å². The van der Waals surface area contributed by atoms with E-state index >= 15 is 0 Å². The lowest BCUT2D eigenvalue weighted by Crippen LogP contribution is -2.39. The minimum Gasteiger partial charge on any atom is -0.439 e. The van der Waals surface area contributed by atoms with E-state index in [0.717, 1.165) is 50.4 Å². The van der Waals surface area contributed by atoms with E-state index in [1.807, 2.05) is 53.4 Å². The van der Waals surface area contributed by atoms with Crippen LogP contribution in [0.15, 0.2) is 60.7 Å². The molecule has 2 heterocycles. The summed E-state index contributed by atoms with van der Waals surface area (Å²) in [6.07, 6.45) is 0.466. The maximum Gasteiger partial charge on any atom is 0.411 e. The van der Waals surface area contributed by atoms with Crippen molar-refractivity contribution in [1.29, 1.82) is 0 Å².